The molecule has 3 aromatic heterocycles. The molecule has 0 radical (unpaired) electrons. The molecule has 0 aliphatic carbocycles. The summed E-state index contributed by atoms with van der Waals surface area (Å²) in [5.41, 5.74) is 7.11. The highest BCUT2D eigenvalue weighted by Gasteiger charge is 2.20. The van der Waals surface area contributed by atoms with E-state index >= 15 is 0 Å². The van der Waals surface area contributed by atoms with Gasteiger partial charge in [0.1, 0.15) is 18.0 Å². The van der Waals surface area contributed by atoms with Gasteiger partial charge in [0.05, 0.1) is 22.1 Å². The molecule has 178 valence electrons. The zero-order valence-electron chi connectivity index (χ0n) is 20.4. The maximum absolute atomic E-state index is 5.68. The minimum absolute atomic E-state index is 0.624. The highest BCUT2D eigenvalue weighted by molar-refractivity contribution is 6.09. The maximum Gasteiger partial charge on any atom is 0.235 e. The zero-order chi connectivity index (χ0) is 25.1. The van der Waals surface area contributed by atoms with Crippen LogP contribution in [0.15, 0.2) is 132 Å². The molecule has 8 aromatic rings. The fraction of sp³-hybridized carbons (Fsp3) is 0. The number of para-hydroxylation sites is 2. The lowest BCUT2D eigenvalue weighted by molar-refractivity contribution is 0.572. The lowest BCUT2D eigenvalue weighted by Gasteiger charge is -2.14. The van der Waals surface area contributed by atoms with E-state index in [1.807, 2.05) is 0 Å². The van der Waals surface area contributed by atoms with Crippen molar-refractivity contribution in [3.05, 3.63) is 128 Å². The first-order valence-corrected chi connectivity index (χ1v) is 12.7. The topological polar surface area (TPSA) is 43.9 Å². The van der Waals surface area contributed by atoms with Crippen LogP contribution in [-0.2, 0) is 0 Å². The Morgan fingerprint density at radius 1 is 0.474 bits per heavy atom. The second-order valence-electron chi connectivity index (χ2n) is 9.48. The number of hydrogen-bond acceptors (Lipinski definition) is 3. The van der Waals surface area contributed by atoms with Crippen LogP contribution in [-0.4, -0.2) is 14.5 Å². The molecule has 0 atom stereocenters. The third kappa shape index (κ3) is 3.04. The molecule has 0 amide bonds. The minimum Gasteiger partial charge on any atom is -0.470 e. The van der Waals surface area contributed by atoms with Crippen molar-refractivity contribution in [2.45, 2.75) is 0 Å². The molecular weight excluding hydrogens is 466 g/mol. The van der Waals surface area contributed by atoms with Crippen LogP contribution in [0.5, 0.6) is 0 Å². The van der Waals surface area contributed by atoms with Gasteiger partial charge in [-0.1, -0.05) is 103 Å². The SMILES string of the molecule is c1ccc(-c2nc(-n3c4ccccc4c4ccccc43)nc3cocc23)c(-c2cccc3ccccc23)c1. The van der Waals surface area contributed by atoms with Crippen LogP contribution in [0, 0.1) is 0 Å². The summed E-state index contributed by atoms with van der Waals surface area (Å²) in [5, 5.41) is 5.67. The first-order valence-electron chi connectivity index (χ1n) is 12.7. The van der Waals surface area contributed by atoms with Crippen LogP contribution < -0.4 is 0 Å². The van der Waals surface area contributed by atoms with Crippen molar-refractivity contribution in [3.63, 3.8) is 0 Å². The van der Waals surface area contributed by atoms with Gasteiger partial charge in [0.25, 0.3) is 0 Å². The Bertz CT molecular complexity index is 2090. The summed E-state index contributed by atoms with van der Waals surface area (Å²) in [6.07, 6.45) is 3.46. The summed E-state index contributed by atoms with van der Waals surface area (Å²) in [6, 6.07) is 40.3. The minimum atomic E-state index is 0.624. The molecule has 0 aliphatic rings. The molecule has 38 heavy (non-hydrogen) atoms. The van der Waals surface area contributed by atoms with E-state index in [1.165, 1.54) is 27.1 Å². The summed E-state index contributed by atoms with van der Waals surface area (Å²) in [4.78, 5) is 10.2. The Hall–Kier alpha value is -5.22. The average molecular weight is 488 g/mol. The van der Waals surface area contributed by atoms with Crippen molar-refractivity contribution in [2.24, 2.45) is 0 Å². The number of hydrogen-bond donors (Lipinski definition) is 0. The second-order valence-corrected chi connectivity index (χ2v) is 9.48. The summed E-state index contributed by atoms with van der Waals surface area (Å²) < 4.78 is 7.83. The molecule has 0 unspecified atom stereocenters. The molecule has 0 saturated carbocycles. The molecule has 0 bridgehead atoms. The molecule has 8 rings (SSSR count). The van der Waals surface area contributed by atoms with Crippen molar-refractivity contribution >= 4 is 43.5 Å². The Morgan fingerprint density at radius 3 is 1.87 bits per heavy atom. The Morgan fingerprint density at radius 2 is 1.08 bits per heavy atom. The van der Waals surface area contributed by atoms with Gasteiger partial charge in [-0.05, 0) is 34.0 Å². The van der Waals surface area contributed by atoms with Gasteiger partial charge in [0, 0.05) is 16.3 Å². The molecule has 4 heteroatoms. The third-order valence-corrected chi connectivity index (χ3v) is 7.37. The van der Waals surface area contributed by atoms with Crippen molar-refractivity contribution in [3.8, 4) is 28.3 Å². The van der Waals surface area contributed by atoms with E-state index in [0.29, 0.717) is 5.95 Å². The fourth-order valence-electron chi connectivity index (χ4n) is 5.68. The first kappa shape index (κ1) is 20.9. The van der Waals surface area contributed by atoms with Gasteiger partial charge in [-0.2, -0.15) is 0 Å². The van der Waals surface area contributed by atoms with Gasteiger partial charge in [-0.25, -0.2) is 9.97 Å². The van der Waals surface area contributed by atoms with Gasteiger partial charge >= 0.3 is 0 Å². The largest absolute Gasteiger partial charge is 0.470 e. The van der Waals surface area contributed by atoms with Gasteiger partial charge in [0.2, 0.25) is 5.95 Å². The van der Waals surface area contributed by atoms with Crippen LogP contribution >= 0.6 is 0 Å². The van der Waals surface area contributed by atoms with E-state index in [2.05, 4.69) is 120 Å². The normalized spacial score (nSPS) is 11.7. The fourth-order valence-corrected chi connectivity index (χ4v) is 5.68. The predicted molar refractivity (Wildman–Crippen MR) is 155 cm³/mol. The number of rotatable bonds is 3. The zero-order valence-corrected chi connectivity index (χ0v) is 20.4. The van der Waals surface area contributed by atoms with Gasteiger partial charge in [-0.3, -0.25) is 4.57 Å². The molecule has 0 fully saturated rings. The molecule has 0 saturated heterocycles. The Labute approximate surface area is 218 Å². The number of fused-ring (bicyclic) bond motifs is 5. The number of benzene rings is 5. The summed E-state index contributed by atoms with van der Waals surface area (Å²) in [7, 11) is 0. The quantitative estimate of drug-likeness (QED) is 0.250. The highest BCUT2D eigenvalue weighted by Crippen LogP contribution is 2.39. The van der Waals surface area contributed by atoms with Crippen molar-refractivity contribution in [1.82, 2.24) is 14.5 Å². The van der Waals surface area contributed by atoms with E-state index in [4.69, 9.17) is 14.4 Å². The summed E-state index contributed by atoms with van der Waals surface area (Å²) in [6.45, 7) is 0. The highest BCUT2D eigenvalue weighted by atomic mass is 16.3. The molecule has 0 spiro atoms. The predicted octanol–water partition coefficient (Wildman–Crippen LogP) is 8.81. The standard InChI is InChI=1S/C34H21N3O/c1-2-12-23-22(10-1)11-9-17-24(23)25-13-3-4-16-28(25)33-29-20-38-21-30(29)35-34(36-33)37-31-18-7-5-14-26(31)27-15-6-8-19-32(27)37/h1-21H. The lowest BCUT2D eigenvalue weighted by Crippen LogP contribution is -2.03. The van der Waals surface area contributed by atoms with E-state index in [-0.39, 0.29) is 0 Å². The van der Waals surface area contributed by atoms with Crippen LogP contribution in [0.2, 0.25) is 0 Å². The number of furan rings is 1. The molecular formula is C34H21N3O. The third-order valence-electron chi connectivity index (χ3n) is 7.37. The second kappa shape index (κ2) is 8.15. The molecule has 5 aromatic carbocycles. The number of aromatic nitrogens is 3. The van der Waals surface area contributed by atoms with E-state index in [1.54, 1.807) is 12.5 Å². The average Bonchev–Trinajstić information content (AvgIpc) is 3.59. The van der Waals surface area contributed by atoms with Crippen LogP contribution in [0.4, 0.5) is 0 Å². The smallest absolute Gasteiger partial charge is 0.235 e. The summed E-state index contributed by atoms with van der Waals surface area (Å²) >= 11 is 0. The Kier molecular flexibility index (Phi) is 4.49. The molecule has 4 nitrogen and oxygen atoms in total. The lowest BCUT2D eigenvalue weighted by atomic mass is 9.92. The van der Waals surface area contributed by atoms with Gasteiger partial charge < -0.3 is 4.42 Å². The van der Waals surface area contributed by atoms with Crippen LogP contribution in [0.1, 0.15) is 0 Å². The molecule has 3 heterocycles. The van der Waals surface area contributed by atoms with Gasteiger partial charge in [-0.15, -0.1) is 0 Å². The van der Waals surface area contributed by atoms with E-state index in [9.17, 15) is 0 Å². The maximum atomic E-state index is 5.68. The van der Waals surface area contributed by atoms with Crippen molar-refractivity contribution in [2.75, 3.05) is 0 Å². The monoisotopic (exact) mass is 487 g/mol. The molecule has 0 aliphatic heterocycles. The van der Waals surface area contributed by atoms with Crippen molar-refractivity contribution in [1.29, 1.82) is 0 Å². The first-order chi connectivity index (χ1) is 18.9. The van der Waals surface area contributed by atoms with Crippen molar-refractivity contribution < 1.29 is 4.42 Å². The van der Waals surface area contributed by atoms with E-state index < -0.39 is 0 Å². The molecule has 0 N–H and O–H groups in total. The summed E-state index contributed by atoms with van der Waals surface area (Å²) in [5.74, 6) is 0.624. The van der Waals surface area contributed by atoms with E-state index in [0.717, 1.165) is 38.8 Å². The van der Waals surface area contributed by atoms with Crippen LogP contribution in [0.3, 0.4) is 0 Å². The Balaban J connectivity index is 1.45. The number of nitrogens with zero attached hydrogens (tertiary/aromatic N) is 3. The van der Waals surface area contributed by atoms with Gasteiger partial charge in [0.15, 0.2) is 0 Å². The van der Waals surface area contributed by atoms with Crippen LogP contribution in [0.25, 0.3) is 71.8 Å².